The molecule has 0 spiro atoms. The molecule has 6 heteroatoms. The predicted octanol–water partition coefficient (Wildman–Crippen LogP) is 3.87. The zero-order valence-electron chi connectivity index (χ0n) is 17.9. The lowest BCUT2D eigenvalue weighted by Crippen LogP contribution is -2.52. The SMILES string of the molecule is O=C(O)c1ccc(N2CCN(CC(=O)N(c3ccccc3)C3CCCCC3)CC2)cc1. The number of hydrogen-bond donors (Lipinski definition) is 1. The van der Waals surface area contributed by atoms with E-state index < -0.39 is 5.97 Å². The van der Waals surface area contributed by atoms with Crippen LogP contribution in [0.2, 0.25) is 0 Å². The van der Waals surface area contributed by atoms with Gasteiger partial charge in [0.2, 0.25) is 5.91 Å². The van der Waals surface area contributed by atoms with Crippen molar-refractivity contribution in [2.45, 2.75) is 38.1 Å². The van der Waals surface area contributed by atoms with Crippen molar-refractivity contribution in [3.05, 3.63) is 60.2 Å². The van der Waals surface area contributed by atoms with Crippen molar-refractivity contribution in [3.63, 3.8) is 0 Å². The number of benzene rings is 2. The molecule has 6 nitrogen and oxygen atoms in total. The first kappa shape index (κ1) is 21.4. The normalized spacial score (nSPS) is 18.0. The summed E-state index contributed by atoms with van der Waals surface area (Å²) in [5.74, 6) is -0.715. The van der Waals surface area contributed by atoms with Gasteiger partial charge in [-0.05, 0) is 49.2 Å². The molecular weight excluding hydrogens is 390 g/mol. The number of hydrogen-bond acceptors (Lipinski definition) is 4. The molecule has 1 amide bonds. The maximum absolute atomic E-state index is 13.4. The van der Waals surface area contributed by atoms with E-state index in [1.807, 2.05) is 42.5 Å². The molecular formula is C25H31N3O3. The Morgan fingerprint density at radius 1 is 0.871 bits per heavy atom. The van der Waals surface area contributed by atoms with E-state index >= 15 is 0 Å². The Hall–Kier alpha value is -2.86. The number of para-hydroxylation sites is 1. The summed E-state index contributed by atoms with van der Waals surface area (Å²) in [4.78, 5) is 31.0. The number of rotatable bonds is 6. The molecule has 1 aliphatic heterocycles. The smallest absolute Gasteiger partial charge is 0.335 e. The number of piperazine rings is 1. The third-order valence-corrected chi connectivity index (χ3v) is 6.45. The molecule has 0 atom stereocenters. The van der Waals surface area contributed by atoms with Crippen LogP contribution in [0.3, 0.4) is 0 Å². The second-order valence-corrected chi connectivity index (χ2v) is 8.51. The van der Waals surface area contributed by atoms with Gasteiger partial charge in [-0.25, -0.2) is 4.79 Å². The Labute approximate surface area is 184 Å². The highest BCUT2D eigenvalue weighted by Crippen LogP contribution is 2.28. The van der Waals surface area contributed by atoms with E-state index in [4.69, 9.17) is 5.11 Å². The van der Waals surface area contributed by atoms with Gasteiger partial charge in [-0.2, -0.15) is 0 Å². The Balaban J connectivity index is 1.37. The molecule has 4 rings (SSSR count). The molecule has 2 aromatic rings. The van der Waals surface area contributed by atoms with Crippen molar-refractivity contribution >= 4 is 23.3 Å². The number of nitrogens with zero attached hydrogens (tertiary/aromatic N) is 3. The number of anilines is 2. The topological polar surface area (TPSA) is 64.1 Å². The minimum Gasteiger partial charge on any atom is -0.478 e. The van der Waals surface area contributed by atoms with Crippen molar-refractivity contribution in [1.82, 2.24) is 4.90 Å². The van der Waals surface area contributed by atoms with Crippen LogP contribution < -0.4 is 9.80 Å². The van der Waals surface area contributed by atoms with Crippen LogP contribution in [0.25, 0.3) is 0 Å². The fourth-order valence-electron chi connectivity index (χ4n) is 4.73. The number of amides is 1. The zero-order chi connectivity index (χ0) is 21.6. The van der Waals surface area contributed by atoms with Crippen LogP contribution in [-0.2, 0) is 4.79 Å². The van der Waals surface area contributed by atoms with E-state index in [1.54, 1.807) is 12.1 Å². The Bertz CT molecular complexity index is 871. The van der Waals surface area contributed by atoms with Gasteiger partial charge in [-0.1, -0.05) is 37.5 Å². The highest BCUT2D eigenvalue weighted by atomic mass is 16.4. The van der Waals surface area contributed by atoms with E-state index in [-0.39, 0.29) is 5.91 Å². The molecule has 2 aromatic carbocycles. The van der Waals surface area contributed by atoms with Crippen molar-refractivity contribution < 1.29 is 14.7 Å². The highest BCUT2D eigenvalue weighted by Gasteiger charge is 2.29. The summed E-state index contributed by atoms with van der Waals surface area (Å²) >= 11 is 0. The number of carbonyl (C=O) groups excluding carboxylic acids is 1. The summed E-state index contributed by atoms with van der Waals surface area (Å²) in [5, 5.41) is 9.07. The molecule has 0 aromatic heterocycles. The largest absolute Gasteiger partial charge is 0.478 e. The van der Waals surface area contributed by atoms with Gasteiger partial charge >= 0.3 is 5.97 Å². The van der Waals surface area contributed by atoms with Crippen LogP contribution in [0.15, 0.2) is 54.6 Å². The fourth-order valence-corrected chi connectivity index (χ4v) is 4.73. The second-order valence-electron chi connectivity index (χ2n) is 8.51. The van der Waals surface area contributed by atoms with E-state index in [2.05, 4.69) is 14.7 Å². The fraction of sp³-hybridized carbons (Fsp3) is 0.440. The molecule has 1 saturated carbocycles. The molecule has 164 valence electrons. The van der Waals surface area contributed by atoms with Crippen LogP contribution in [0.1, 0.15) is 42.5 Å². The predicted molar refractivity (Wildman–Crippen MR) is 123 cm³/mol. The van der Waals surface area contributed by atoms with Gasteiger partial charge in [0.1, 0.15) is 0 Å². The van der Waals surface area contributed by atoms with Crippen LogP contribution in [0.5, 0.6) is 0 Å². The molecule has 0 unspecified atom stereocenters. The standard InChI is InChI=1S/C25H31N3O3/c29-24(28(22-7-3-1-4-8-22)23-9-5-2-6-10-23)19-26-15-17-27(18-16-26)21-13-11-20(12-14-21)25(30)31/h1,3-4,7-8,11-14,23H,2,5-6,9-10,15-19H2,(H,30,31). The van der Waals surface area contributed by atoms with E-state index in [1.165, 1.54) is 19.3 Å². The molecule has 2 fully saturated rings. The lowest BCUT2D eigenvalue weighted by Gasteiger charge is -2.39. The second kappa shape index (κ2) is 9.96. The maximum Gasteiger partial charge on any atom is 0.335 e. The molecule has 2 aliphatic rings. The van der Waals surface area contributed by atoms with Gasteiger partial charge in [0, 0.05) is 43.6 Å². The first-order chi connectivity index (χ1) is 15.1. The zero-order valence-corrected chi connectivity index (χ0v) is 17.9. The molecule has 0 radical (unpaired) electrons. The molecule has 0 bridgehead atoms. The van der Waals surface area contributed by atoms with E-state index in [0.29, 0.717) is 18.2 Å². The molecule has 1 heterocycles. The highest BCUT2D eigenvalue weighted by molar-refractivity contribution is 5.95. The Morgan fingerprint density at radius 3 is 2.13 bits per heavy atom. The summed E-state index contributed by atoms with van der Waals surface area (Å²) in [5.41, 5.74) is 2.34. The van der Waals surface area contributed by atoms with Crippen molar-refractivity contribution in [2.75, 3.05) is 42.5 Å². The van der Waals surface area contributed by atoms with Gasteiger partial charge < -0.3 is 14.9 Å². The lowest BCUT2D eigenvalue weighted by molar-refractivity contribution is -0.120. The van der Waals surface area contributed by atoms with Crippen molar-refractivity contribution in [1.29, 1.82) is 0 Å². The first-order valence-corrected chi connectivity index (χ1v) is 11.3. The van der Waals surface area contributed by atoms with Gasteiger partial charge in [0.25, 0.3) is 0 Å². The van der Waals surface area contributed by atoms with Crippen molar-refractivity contribution in [2.24, 2.45) is 0 Å². The summed E-state index contributed by atoms with van der Waals surface area (Å²) in [6.45, 7) is 3.74. The average molecular weight is 422 g/mol. The van der Waals surface area contributed by atoms with Crippen molar-refractivity contribution in [3.8, 4) is 0 Å². The van der Waals surface area contributed by atoms with Gasteiger partial charge in [-0.15, -0.1) is 0 Å². The number of carbonyl (C=O) groups is 2. The summed E-state index contributed by atoms with van der Waals surface area (Å²) in [7, 11) is 0. The number of carboxylic acid groups (broad SMARTS) is 1. The maximum atomic E-state index is 13.4. The minimum atomic E-state index is -0.907. The van der Waals surface area contributed by atoms with Crippen LogP contribution in [0, 0.1) is 0 Å². The number of aromatic carboxylic acids is 1. The monoisotopic (exact) mass is 421 g/mol. The minimum absolute atomic E-state index is 0.192. The lowest BCUT2D eigenvalue weighted by atomic mass is 9.93. The summed E-state index contributed by atoms with van der Waals surface area (Å²) in [6.07, 6.45) is 5.82. The van der Waals surface area contributed by atoms with Crippen LogP contribution in [-0.4, -0.2) is 60.6 Å². The molecule has 31 heavy (non-hydrogen) atoms. The summed E-state index contributed by atoms with van der Waals surface area (Å²) < 4.78 is 0. The first-order valence-electron chi connectivity index (χ1n) is 11.3. The third-order valence-electron chi connectivity index (χ3n) is 6.45. The van der Waals surface area contributed by atoms with Gasteiger partial charge in [-0.3, -0.25) is 9.69 Å². The number of carboxylic acids is 1. The van der Waals surface area contributed by atoms with Gasteiger partial charge in [0.05, 0.1) is 12.1 Å². The van der Waals surface area contributed by atoms with E-state index in [9.17, 15) is 9.59 Å². The van der Waals surface area contributed by atoms with Crippen LogP contribution >= 0.6 is 0 Å². The van der Waals surface area contributed by atoms with Gasteiger partial charge in [0.15, 0.2) is 0 Å². The third kappa shape index (κ3) is 5.25. The molecule has 1 N–H and O–H groups in total. The van der Waals surface area contributed by atoms with E-state index in [0.717, 1.165) is 50.4 Å². The quantitative estimate of drug-likeness (QED) is 0.767. The Morgan fingerprint density at radius 2 is 1.52 bits per heavy atom. The Kier molecular flexibility index (Phi) is 6.87. The average Bonchev–Trinajstić information content (AvgIpc) is 2.81. The molecule has 1 aliphatic carbocycles. The summed E-state index contributed by atoms with van der Waals surface area (Å²) in [6, 6.07) is 17.4. The molecule has 1 saturated heterocycles. The van der Waals surface area contributed by atoms with Crippen LogP contribution in [0.4, 0.5) is 11.4 Å².